The van der Waals surface area contributed by atoms with E-state index in [0.717, 1.165) is 11.3 Å². The van der Waals surface area contributed by atoms with Crippen LogP contribution in [0.15, 0.2) is 28.9 Å². The zero-order valence-electron chi connectivity index (χ0n) is 11.1. The highest BCUT2D eigenvalue weighted by Crippen LogP contribution is 2.32. The third-order valence-corrected chi connectivity index (χ3v) is 3.42. The number of para-hydroxylation sites is 1. The molecule has 6 heteroatoms. The number of benzene rings is 1. The van der Waals surface area contributed by atoms with Gasteiger partial charge in [0, 0.05) is 18.0 Å². The van der Waals surface area contributed by atoms with Crippen molar-refractivity contribution < 1.29 is 14.2 Å². The van der Waals surface area contributed by atoms with E-state index in [1.807, 2.05) is 24.3 Å². The molecule has 1 aliphatic rings. The third-order valence-electron chi connectivity index (χ3n) is 3.42. The molecule has 1 aromatic carbocycles. The Labute approximate surface area is 116 Å². The molecule has 2 heterocycles. The first kappa shape index (κ1) is 12.7. The zero-order valence-corrected chi connectivity index (χ0v) is 11.1. The van der Waals surface area contributed by atoms with E-state index in [1.54, 1.807) is 6.92 Å². The van der Waals surface area contributed by atoms with Crippen molar-refractivity contribution in [1.29, 1.82) is 0 Å². The number of carbonyl (C=O) groups is 1. The van der Waals surface area contributed by atoms with Gasteiger partial charge in [-0.3, -0.25) is 4.79 Å². The maximum atomic E-state index is 11.9. The summed E-state index contributed by atoms with van der Waals surface area (Å²) in [5.41, 5.74) is 2.37. The van der Waals surface area contributed by atoms with Crippen molar-refractivity contribution in [3.05, 3.63) is 41.2 Å². The van der Waals surface area contributed by atoms with Gasteiger partial charge in [0.15, 0.2) is 0 Å². The molecule has 0 fully saturated rings. The predicted molar refractivity (Wildman–Crippen MR) is 70.4 cm³/mol. The Kier molecular flexibility index (Phi) is 3.37. The summed E-state index contributed by atoms with van der Waals surface area (Å²) in [5.74, 6) is 1.02. The minimum absolute atomic E-state index is 0.0896. The molecule has 104 valence electrons. The molecular formula is C14H15N3O3. The standard InChI is InChI=1S/C14H15N3O3/c1-9-12(17-20-16-9)6-14(18)15-7-10-8-19-13-5-3-2-4-11(10)13/h2-5,10H,6-8H2,1H3,(H,15,18). The van der Waals surface area contributed by atoms with Crippen LogP contribution in [0.25, 0.3) is 0 Å². The van der Waals surface area contributed by atoms with E-state index in [4.69, 9.17) is 4.74 Å². The van der Waals surface area contributed by atoms with Crippen LogP contribution in [0, 0.1) is 6.92 Å². The largest absolute Gasteiger partial charge is 0.493 e. The fourth-order valence-electron chi connectivity index (χ4n) is 2.26. The molecule has 1 aliphatic heterocycles. The SMILES string of the molecule is Cc1nonc1CC(=O)NCC1COc2ccccc21. The number of nitrogens with zero attached hydrogens (tertiary/aromatic N) is 2. The summed E-state index contributed by atoms with van der Waals surface area (Å²) >= 11 is 0. The van der Waals surface area contributed by atoms with E-state index >= 15 is 0 Å². The molecule has 2 aromatic rings. The Balaban J connectivity index is 1.56. The average Bonchev–Trinajstić information content (AvgIpc) is 3.04. The second-order valence-corrected chi connectivity index (χ2v) is 4.82. The Morgan fingerprint density at radius 3 is 3.05 bits per heavy atom. The molecule has 1 amide bonds. The number of rotatable bonds is 4. The Morgan fingerprint density at radius 2 is 2.25 bits per heavy atom. The van der Waals surface area contributed by atoms with Gasteiger partial charge in [0.05, 0.1) is 13.0 Å². The lowest BCUT2D eigenvalue weighted by Crippen LogP contribution is -2.30. The lowest BCUT2D eigenvalue weighted by molar-refractivity contribution is -0.120. The molecule has 0 radical (unpaired) electrons. The quantitative estimate of drug-likeness (QED) is 0.906. The number of aryl methyl sites for hydroxylation is 1. The molecule has 0 aliphatic carbocycles. The maximum Gasteiger partial charge on any atom is 0.226 e. The van der Waals surface area contributed by atoms with Gasteiger partial charge >= 0.3 is 0 Å². The summed E-state index contributed by atoms with van der Waals surface area (Å²) < 4.78 is 10.2. The van der Waals surface area contributed by atoms with Crippen molar-refractivity contribution >= 4 is 5.91 Å². The lowest BCUT2D eigenvalue weighted by Gasteiger charge is -2.10. The van der Waals surface area contributed by atoms with Crippen molar-refractivity contribution in [3.8, 4) is 5.75 Å². The van der Waals surface area contributed by atoms with E-state index < -0.39 is 0 Å². The highest BCUT2D eigenvalue weighted by molar-refractivity contribution is 5.78. The molecule has 1 aromatic heterocycles. The van der Waals surface area contributed by atoms with E-state index in [2.05, 4.69) is 20.3 Å². The number of aromatic nitrogens is 2. The van der Waals surface area contributed by atoms with Crippen LogP contribution >= 0.6 is 0 Å². The van der Waals surface area contributed by atoms with Gasteiger partial charge in [-0.2, -0.15) is 0 Å². The Morgan fingerprint density at radius 1 is 1.40 bits per heavy atom. The summed E-state index contributed by atoms with van der Waals surface area (Å²) in [7, 11) is 0. The summed E-state index contributed by atoms with van der Waals surface area (Å²) in [6.07, 6.45) is 0.185. The van der Waals surface area contributed by atoms with Crippen LogP contribution < -0.4 is 10.1 Å². The number of carbonyl (C=O) groups excluding carboxylic acids is 1. The predicted octanol–water partition coefficient (Wildman–Crippen LogP) is 1.21. The second-order valence-electron chi connectivity index (χ2n) is 4.82. The minimum Gasteiger partial charge on any atom is -0.493 e. The summed E-state index contributed by atoms with van der Waals surface area (Å²) in [6, 6.07) is 7.90. The molecular weight excluding hydrogens is 258 g/mol. The van der Waals surface area contributed by atoms with Crippen LogP contribution in [0.2, 0.25) is 0 Å². The van der Waals surface area contributed by atoms with Crippen LogP contribution in [0.3, 0.4) is 0 Å². The van der Waals surface area contributed by atoms with Crippen molar-refractivity contribution in [1.82, 2.24) is 15.6 Å². The average molecular weight is 273 g/mol. The number of hydrogen-bond donors (Lipinski definition) is 1. The van der Waals surface area contributed by atoms with E-state index in [0.29, 0.717) is 24.5 Å². The third kappa shape index (κ3) is 2.49. The highest BCUT2D eigenvalue weighted by atomic mass is 16.6. The first-order valence-electron chi connectivity index (χ1n) is 6.50. The van der Waals surface area contributed by atoms with E-state index in [9.17, 15) is 4.79 Å². The Hall–Kier alpha value is -2.37. The van der Waals surface area contributed by atoms with Crippen LogP contribution in [-0.4, -0.2) is 29.4 Å². The Bertz CT molecular complexity index is 624. The fraction of sp³-hybridized carbons (Fsp3) is 0.357. The van der Waals surface area contributed by atoms with Crippen molar-refractivity contribution in [3.63, 3.8) is 0 Å². The molecule has 6 nitrogen and oxygen atoms in total. The highest BCUT2D eigenvalue weighted by Gasteiger charge is 2.24. The fourth-order valence-corrected chi connectivity index (χ4v) is 2.26. The van der Waals surface area contributed by atoms with Gasteiger partial charge in [-0.05, 0) is 13.0 Å². The second kappa shape index (κ2) is 5.32. The first-order chi connectivity index (χ1) is 9.74. The summed E-state index contributed by atoms with van der Waals surface area (Å²) in [4.78, 5) is 11.9. The molecule has 0 saturated heterocycles. The van der Waals surface area contributed by atoms with Gasteiger partial charge in [-0.25, -0.2) is 4.63 Å². The van der Waals surface area contributed by atoms with Crippen LogP contribution in [0.4, 0.5) is 0 Å². The topological polar surface area (TPSA) is 77.2 Å². The summed E-state index contributed by atoms with van der Waals surface area (Å²) in [5, 5.41) is 10.3. The molecule has 3 rings (SSSR count). The summed E-state index contributed by atoms with van der Waals surface area (Å²) in [6.45, 7) is 2.92. The van der Waals surface area contributed by atoms with Crippen LogP contribution in [-0.2, 0) is 11.2 Å². The maximum absolute atomic E-state index is 11.9. The number of ether oxygens (including phenoxy) is 1. The van der Waals surface area contributed by atoms with Crippen molar-refractivity contribution in [2.75, 3.05) is 13.2 Å². The number of fused-ring (bicyclic) bond motifs is 1. The number of amides is 1. The smallest absolute Gasteiger partial charge is 0.226 e. The van der Waals surface area contributed by atoms with Gasteiger partial charge in [0.1, 0.15) is 17.1 Å². The zero-order chi connectivity index (χ0) is 13.9. The molecule has 1 N–H and O–H groups in total. The molecule has 0 bridgehead atoms. The molecule has 1 unspecified atom stereocenters. The normalized spacial score (nSPS) is 16.6. The van der Waals surface area contributed by atoms with Gasteiger partial charge in [-0.1, -0.05) is 28.5 Å². The van der Waals surface area contributed by atoms with Gasteiger partial charge in [-0.15, -0.1) is 0 Å². The minimum atomic E-state index is -0.0896. The monoisotopic (exact) mass is 273 g/mol. The van der Waals surface area contributed by atoms with Crippen molar-refractivity contribution in [2.24, 2.45) is 0 Å². The molecule has 0 saturated carbocycles. The van der Waals surface area contributed by atoms with Gasteiger partial charge in [0.25, 0.3) is 0 Å². The lowest BCUT2D eigenvalue weighted by atomic mass is 10.0. The van der Waals surface area contributed by atoms with E-state index in [1.165, 1.54) is 0 Å². The molecule has 0 spiro atoms. The number of nitrogens with one attached hydrogen (secondary N) is 1. The van der Waals surface area contributed by atoms with Gasteiger partial charge < -0.3 is 10.1 Å². The van der Waals surface area contributed by atoms with Crippen LogP contribution in [0.5, 0.6) is 5.75 Å². The van der Waals surface area contributed by atoms with Gasteiger partial charge in [0.2, 0.25) is 5.91 Å². The molecule has 1 atom stereocenters. The van der Waals surface area contributed by atoms with E-state index in [-0.39, 0.29) is 18.2 Å². The van der Waals surface area contributed by atoms with Crippen molar-refractivity contribution in [2.45, 2.75) is 19.3 Å². The van der Waals surface area contributed by atoms with Crippen LogP contribution in [0.1, 0.15) is 22.9 Å². The number of hydrogen-bond acceptors (Lipinski definition) is 5. The first-order valence-corrected chi connectivity index (χ1v) is 6.50. The molecule has 20 heavy (non-hydrogen) atoms.